The van der Waals surface area contributed by atoms with Crippen molar-refractivity contribution in [1.29, 1.82) is 0 Å². The number of hydrazone groups is 1. The third-order valence-corrected chi connectivity index (χ3v) is 4.63. The maximum Gasteiger partial charge on any atom is 0.416 e. The normalized spacial score (nSPS) is 11.2. The zero-order valence-electron chi connectivity index (χ0n) is 18.5. The van der Waals surface area contributed by atoms with Crippen molar-refractivity contribution in [3.63, 3.8) is 0 Å². The number of benzene rings is 3. The molecule has 0 aliphatic heterocycles. The number of nitrogens with zero attached hydrogens (tertiary/aromatic N) is 2. The SMILES string of the molecule is O=C(CC(=O)Nc1cccc(C(F)(F)F)c1)NN=Cc1ccc(OCc2ccc([N+](=O)[O-])cc2)cc1. The number of hydrogen-bond donors (Lipinski definition) is 2. The lowest BCUT2D eigenvalue weighted by Crippen LogP contribution is -2.24. The first kappa shape index (κ1) is 25.9. The Bertz CT molecular complexity index is 1260. The molecule has 3 aromatic carbocycles. The van der Waals surface area contributed by atoms with Gasteiger partial charge in [0.2, 0.25) is 11.8 Å². The van der Waals surface area contributed by atoms with E-state index in [1.165, 1.54) is 24.4 Å². The first-order valence-electron chi connectivity index (χ1n) is 10.4. The maximum absolute atomic E-state index is 12.7. The number of nitrogens with one attached hydrogen (secondary N) is 2. The van der Waals surface area contributed by atoms with Gasteiger partial charge < -0.3 is 10.1 Å². The molecule has 12 heteroatoms. The Labute approximate surface area is 202 Å². The van der Waals surface area contributed by atoms with E-state index in [9.17, 15) is 32.9 Å². The van der Waals surface area contributed by atoms with Gasteiger partial charge in [0.1, 0.15) is 18.8 Å². The topological polar surface area (TPSA) is 123 Å². The highest BCUT2D eigenvalue weighted by atomic mass is 19.4. The number of amides is 2. The molecule has 0 atom stereocenters. The molecule has 0 radical (unpaired) electrons. The molecule has 0 fully saturated rings. The largest absolute Gasteiger partial charge is 0.489 e. The predicted octanol–water partition coefficient (Wildman–Crippen LogP) is 4.67. The van der Waals surface area contributed by atoms with Gasteiger partial charge in [0.05, 0.1) is 16.7 Å². The second kappa shape index (κ2) is 11.6. The van der Waals surface area contributed by atoms with Crippen LogP contribution in [0, 0.1) is 10.1 Å². The van der Waals surface area contributed by atoms with Gasteiger partial charge in [-0.2, -0.15) is 18.3 Å². The molecule has 0 saturated heterocycles. The minimum Gasteiger partial charge on any atom is -0.489 e. The molecular weight excluding hydrogens is 481 g/mol. The van der Waals surface area contributed by atoms with E-state index in [1.54, 1.807) is 36.4 Å². The van der Waals surface area contributed by atoms with Gasteiger partial charge in [0, 0.05) is 17.8 Å². The summed E-state index contributed by atoms with van der Waals surface area (Å²) in [4.78, 5) is 34.0. The lowest BCUT2D eigenvalue weighted by Gasteiger charge is -2.09. The van der Waals surface area contributed by atoms with E-state index in [1.807, 2.05) is 0 Å². The molecule has 0 aliphatic rings. The second-order valence-electron chi connectivity index (χ2n) is 7.38. The zero-order valence-corrected chi connectivity index (χ0v) is 18.5. The van der Waals surface area contributed by atoms with E-state index >= 15 is 0 Å². The van der Waals surface area contributed by atoms with Crippen LogP contribution in [0.3, 0.4) is 0 Å². The van der Waals surface area contributed by atoms with Crippen LogP contribution in [-0.4, -0.2) is 23.0 Å². The van der Waals surface area contributed by atoms with E-state index < -0.39 is 34.9 Å². The highest BCUT2D eigenvalue weighted by Gasteiger charge is 2.30. The van der Waals surface area contributed by atoms with Crippen LogP contribution in [0.1, 0.15) is 23.1 Å². The molecule has 0 saturated carbocycles. The average molecular weight is 500 g/mol. The van der Waals surface area contributed by atoms with Crippen LogP contribution >= 0.6 is 0 Å². The Balaban J connectivity index is 1.43. The van der Waals surface area contributed by atoms with E-state index in [2.05, 4.69) is 15.8 Å². The summed E-state index contributed by atoms with van der Waals surface area (Å²) in [6, 6.07) is 16.7. The van der Waals surface area contributed by atoms with Gasteiger partial charge in [-0.15, -0.1) is 0 Å². The van der Waals surface area contributed by atoms with Crippen LogP contribution in [0.25, 0.3) is 0 Å². The molecule has 0 bridgehead atoms. The number of nitro groups is 1. The number of alkyl halides is 3. The molecule has 2 amide bonds. The van der Waals surface area contributed by atoms with Gasteiger partial charge in [-0.1, -0.05) is 6.07 Å². The summed E-state index contributed by atoms with van der Waals surface area (Å²) < 4.78 is 43.8. The summed E-state index contributed by atoms with van der Waals surface area (Å²) in [7, 11) is 0. The van der Waals surface area contributed by atoms with Crippen LogP contribution < -0.4 is 15.5 Å². The molecule has 0 aliphatic carbocycles. The Morgan fingerprint density at radius 2 is 1.69 bits per heavy atom. The summed E-state index contributed by atoms with van der Waals surface area (Å²) in [5.74, 6) is -1.00. The Kier molecular flexibility index (Phi) is 8.34. The van der Waals surface area contributed by atoms with Gasteiger partial charge in [-0.25, -0.2) is 5.43 Å². The smallest absolute Gasteiger partial charge is 0.416 e. The standard InChI is InChI=1S/C24H19F3N4O5/c25-24(26,27)18-2-1-3-19(12-18)29-22(32)13-23(33)30-28-14-16-6-10-21(11-7-16)36-15-17-4-8-20(9-5-17)31(34)35/h1-12,14H,13,15H2,(H,29,32)(H,30,33). The fraction of sp³-hybridized carbons (Fsp3) is 0.125. The summed E-state index contributed by atoms with van der Waals surface area (Å²) in [6.07, 6.45) is -3.85. The number of ether oxygens (including phenoxy) is 1. The number of rotatable bonds is 9. The summed E-state index contributed by atoms with van der Waals surface area (Å²) >= 11 is 0. The number of halogens is 3. The Hall–Kier alpha value is -4.74. The third-order valence-electron chi connectivity index (χ3n) is 4.63. The van der Waals surface area contributed by atoms with Crippen LogP contribution in [0.4, 0.5) is 24.5 Å². The lowest BCUT2D eigenvalue weighted by atomic mass is 10.2. The van der Waals surface area contributed by atoms with E-state index in [0.29, 0.717) is 11.3 Å². The quantitative estimate of drug-likeness (QED) is 0.191. The number of anilines is 1. The monoisotopic (exact) mass is 500 g/mol. The van der Waals surface area contributed by atoms with Crippen molar-refractivity contribution in [3.05, 3.63) is 99.6 Å². The van der Waals surface area contributed by atoms with Crippen molar-refractivity contribution in [1.82, 2.24) is 5.43 Å². The Morgan fingerprint density at radius 3 is 2.33 bits per heavy atom. The molecule has 3 rings (SSSR count). The van der Waals surface area contributed by atoms with E-state index in [4.69, 9.17) is 4.74 Å². The fourth-order valence-electron chi connectivity index (χ4n) is 2.87. The van der Waals surface area contributed by atoms with Gasteiger partial charge in [-0.05, 0) is 65.7 Å². The van der Waals surface area contributed by atoms with Crippen molar-refractivity contribution in [3.8, 4) is 5.75 Å². The fourth-order valence-corrected chi connectivity index (χ4v) is 2.87. The van der Waals surface area contributed by atoms with Crippen LogP contribution in [0.15, 0.2) is 77.9 Å². The van der Waals surface area contributed by atoms with Crippen LogP contribution in [0.5, 0.6) is 5.75 Å². The molecule has 9 nitrogen and oxygen atoms in total. The van der Waals surface area contributed by atoms with Gasteiger partial charge in [0.15, 0.2) is 0 Å². The van der Waals surface area contributed by atoms with Crippen molar-refractivity contribution in [2.45, 2.75) is 19.2 Å². The lowest BCUT2D eigenvalue weighted by molar-refractivity contribution is -0.384. The highest BCUT2D eigenvalue weighted by molar-refractivity contribution is 6.03. The molecular formula is C24H19F3N4O5. The predicted molar refractivity (Wildman–Crippen MR) is 124 cm³/mol. The van der Waals surface area contributed by atoms with Crippen molar-refractivity contribution in [2.24, 2.45) is 5.10 Å². The van der Waals surface area contributed by atoms with Crippen LogP contribution in [0.2, 0.25) is 0 Å². The number of carbonyl (C=O) groups excluding carboxylic acids is 2. The summed E-state index contributed by atoms with van der Waals surface area (Å²) in [5.41, 5.74) is 2.53. The minimum absolute atomic E-state index is 0.00849. The molecule has 186 valence electrons. The van der Waals surface area contributed by atoms with Gasteiger partial charge >= 0.3 is 6.18 Å². The van der Waals surface area contributed by atoms with Gasteiger partial charge in [-0.3, -0.25) is 19.7 Å². The van der Waals surface area contributed by atoms with Crippen molar-refractivity contribution < 1.29 is 32.4 Å². The average Bonchev–Trinajstić information content (AvgIpc) is 2.83. The summed E-state index contributed by atoms with van der Waals surface area (Å²) in [6.45, 7) is 0.212. The highest BCUT2D eigenvalue weighted by Crippen LogP contribution is 2.30. The minimum atomic E-state index is -4.55. The second-order valence-corrected chi connectivity index (χ2v) is 7.38. The number of carbonyl (C=O) groups is 2. The summed E-state index contributed by atoms with van der Waals surface area (Å²) in [5, 5.41) is 16.7. The third kappa shape index (κ3) is 7.94. The van der Waals surface area contributed by atoms with Gasteiger partial charge in [0.25, 0.3) is 5.69 Å². The number of hydrogen-bond acceptors (Lipinski definition) is 6. The van der Waals surface area contributed by atoms with Crippen molar-refractivity contribution in [2.75, 3.05) is 5.32 Å². The molecule has 0 heterocycles. The molecule has 0 aromatic heterocycles. The molecule has 36 heavy (non-hydrogen) atoms. The first-order valence-corrected chi connectivity index (χ1v) is 10.4. The number of non-ortho nitro benzene ring substituents is 1. The first-order chi connectivity index (χ1) is 17.1. The molecule has 0 spiro atoms. The van der Waals surface area contributed by atoms with E-state index in [-0.39, 0.29) is 18.0 Å². The number of nitro benzene ring substituents is 1. The van der Waals surface area contributed by atoms with E-state index in [0.717, 1.165) is 23.8 Å². The molecule has 3 aromatic rings. The Morgan fingerprint density at radius 1 is 1.00 bits per heavy atom. The molecule has 0 unspecified atom stereocenters. The van der Waals surface area contributed by atoms with Crippen molar-refractivity contribution >= 4 is 29.4 Å². The van der Waals surface area contributed by atoms with Crippen LogP contribution in [-0.2, 0) is 22.4 Å². The zero-order chi connectivity index (χ0) is 26.1. The molecule has 2 N–H and O–H groups in total. The maximum atomic E-state index is 12.7.